The molecule has 0 bridgehead atoms. The van der Waals surface area contributed by atoms with Gasteiger partial charge in [0.25, 0.3) is 0 Å². The number of carbonyl (C=O) groups is 3. The molecule has 4 N–H and O–H groups in total. The van der Waals surface area contributed by atoms with Crippen molar-refractivity contribution in [2.75, 3.05) is 19.0 Å². The standard InChI is InChI=1S/C46H53Cl2F2N6O8PS/c1-25(2)51-44-53-35(24-66-44)34-20-38(29-15-18-37(62-3)39(48)41(29)52-34)63-28-19-36-42(57)55-46(65(60,61)23-30-32(49)17-16-31(47)40(30)50)21-26(46)11-7-5-4-6-8-14-33(43(58)56(36)22-28)54-45(59)64-27-12-9-10-13-27/h7,11,15-18,20,24-28,33,36H,4-6,8-10,12-14,19,21-23H2,1-3H3,(H,51,53)(H,54,59)(H,55,57)(H,60,61)/t26-,28-,33+,36+,46+/m1/s1. The first-order chi connectivity index (χ1) is 31.6. The summed E-state index contributed by atoms with van der Waals surface area (Å²) >= 11 is 14.2. The highest BCUT2D eigenvalue weighted by molar-refractivity contribution is 7.59. The van der Waals surface area contributed by atoms with Gasteiger partial charge in [-0.1, -0.05) is 48.2 Å². The first kappa shape index (κ1) is 47.9. The predicted molar refractivity (Wildman–Crippen MR) is 249 cm³/mol. The summed E-state index contributed by atoms with van der Waals surface area (Å²) in [4.78, 5) is 65.9. The summed E-state index contributed by atoms with van der Waals surface area (Å²) < 4.78 is 62.9. The van der Waals surface area contributed by atoms with Gasteiger partial charge in [0.2, 0.25) is 19.2 Å². The lowest BCUT2D eigenvalue weighted by molar-refractivity contribution is -0.140. The molecule has 2 aliphatic heterocycles. The van der Waals surface area contributed by atoms with Crippen LogP contribution in [0.3, 0.4) is 0 Å². The summed E-state index contributed by atoms with van der Waals surface area (Å²) in [6.45, 7) is 3.88. The van der Waals surface area contributed by atoms with Gasteiger partial charge in [0.1, 0.15) is 63.4 Å². The highest BCUT2D eigenvalue weighted by Gasteiger charge is 2.66. The summed E-state index contributed by atoms with van der Waals surface area (Å²) in [7, 11) is -3.20. The second-order valence-corrected chi connectivity index (χ2v) is 21.9. The maximum Gasteiger partial charge on any atom is 0.408 e. The Bertz CT molecular complexity index is 2580. The zero-order valence-corrected chi connectivity index (χ0v) is 40.0. The van der Waals surface area contributed by atoms with Crippen LogP contribution in [0.2, 0.25) is 10.0 Å². The van der Waals surface area contributed by atoms with E-state index in [-0.39, 0.29) is 43.0 Å². The Balaban J connectivity index is 1.15. The minimum atomic E-state index is -4.69. The Kier molecular flexibility index (Phi) is 14.5. The number of alkyl carbamates (subject to hydrolysis) is 1. The van der Waals surface area contributed by atoms with Crippen LogP contribution in [0.25, 0.3) is 22.3 Å². The number of anilines is 1. The second kappa shape index (κ2) is 20.0. The number of fused-ring (bicyclic) bond motifs is 3. The Morgan fingerprint density at radius 3 is 2.58 bits per heavy atom. The van der Waals surface area contributed by atoms with Crippen LogP contribution in [-0.4, -0.2) is 86.9 Å². The Hall–Kier alpha value is -4.54. The molecule has 4 aromatic rings. The Morgan fingerprint density at radius 2 is 1.82 bits per heavy atom. The van der Waals surface area contributed by atoms with E-state index in [0.29, 0.717) is 64.6 Å². The number of nitrogens with zero attached hydrogens (tertiary/aromatic N) is 3. The van der Waals surface area contributed by atoms with E-state index in [1.54, 1.807) is 24.3 Å². The zero-order valence-electron chi connectivity index (χ0n) is 36.8. The molecule has 4 aliphatic rings. The van der Waals surface area contributed by atoms with Crippen molar-refractivity contribution in [3.63, 3.8) is 0 Å². The van der Waals surface area contributed by atoms with E-state index >= 15 is 8.78 Å². The van der Waals surface area contributed by atoms with Crippen molar-refractivity contribution < 1.29 is 46.8 Å². The number of ether oxygens (including phenoxy) is 3. The van der Waals surface area contributed by atoms with Crippen molar-refractivity contribution in [2.45, 2.75) is 126 Å². The molecule has 14 nitrogen and oxygen atoms in total. The maximum atomic E-state index is 15.2. The van der Waals surface area contributed by atoms with Crippen molar-refractivity contribution >= 4 is 75.8 Å². The first-order valence-corrected chi connectivity index (χ1v) is 25.8. The molecule has 354 valence electrons. The monoisotopic (exact) mass is 988 g/mol. The molecule has 6 atom stereocenters. The van der Waals surface area contributed by atoms with E-state index in [2.05, 4.69) is 16.0 Å². The van der Waals surface area contributed by atoms with Gasteiger partial charge in [-0.15, -0.1) is 11.3 Å². The molecule has 66 heavy (non-hydrogen) atoms. The molecule has 4 heterocycles. The Morgan fingerprint density at radius 1 is 1.05 bits per heavy atom. The number of pyridine rings is 1. The summed E-state index contributed by atoms with van der Waals surface area (Å²) in [5.74, 6) is -3.49. The average Bonchev–Trinajstić information content (AvgIpc) is 3.69. The molecular formula is C46H53Cl2F2N6O8PS. The fourth-order valence-corrected chi connectivity index (χ4v) is 12.9. The Labute approximate surface area is 395 Å². The van der Waals surface area contributed by atoms with Crippen LogP contribution in [-0.2, 0) is 25.1 Å². The van der Waals surface area contributed by atoms with Crippen molar-refractivity contribution in [3.8, 4) is 22.9 Å². The number of aromatic nitrogens is 2. The van der Waals surface area contributed by atoms with Crippen LogP contribution in [0.1, 0.15) is 90.0 Å². The number of allylic oxidation sites excluding steroid dienone is 1. The number of carbonyl (C=O) groups excluding carboxylic acids is 3. The van der Waals surface area contributed by atoms with Gasteiger partial charge in [-0.05, 0) is 89.5 Å². The van der Waals surface area contributed by atoms with Gasteiger partial charge in [0.05, 0.1) is 36.0 Å². The van der Waals surface area contributed by atoms with Gasteiger partial charge >= 0.3 is 6.09 Å². The number of thiazole rings is 1. The molecule has 2 aromatic carbocycles. The molecule has 3 amide bonds. The number of rotatable bonds is 11. The molecule has 0 radical (unpaired) electrons. The molecule has 2 aromatic heterocycles. The minimum Gasteiger partial charge on any atom is -0.495 e. The lowest BCUT2D eigenvalue weighted by Gasteiger charge is -2.31. The van der Waals surface area contributed by atoms with E-state index < -0.39 is 83.0 Å². The number of nitrogens with one attached hydrogen (secondary N) is 3. The highest BCUT2D eigenvalue weighted by atomic mass is 35.5. The second-order valence-electron chi connectivity index (χ2n) is 17.8. The van der Waals surface area contributed by atoms with Crippen LogP contribution < -0.4 is 25.4 Å². The third-order valence-electron chi connectivity index (χ3n) is 12.7. The van der Waals surface area contributed by atoms with E-state index in [9.17, 15) is 23.8 Å². The molecule has 20 heteroatoms. The van der Waals surface area contributed by atoms with E-state index in [1.165, 1.54) is 23.3 Å². The van der Waals surface area contributed by atoms with Crippen LogP contribution in [0.5, 0.6) is 11.5 Å². The smallest absolute Gasteiger partial charge is 0.408 e. The zero-order chi connectivity index (χ0) is 46.9. The highest BCUT2D eigenvalue weighted by Crippen LogP contribution is 2.71. The third kappa shape index (κ3) is 10.2. The average molecular weight is 990 g/mol. The number of amides is 3. The fraction of sp³-hybridized carbons (Fsp3) is 0.500. The van der Waals surface area contributed by atoms with Gasteiger partial charge in [-0.2, -0.15) is 0 Å². The molecule has 8 rings (SSSR count). The van der Waals surface area contributed by atoms with E-state index in [1.807, 2.05) is 25.3 Å². The van der Waals surface area contributed by atoms with Gasteiger partial charge < -0.3 is 40.0 Å². The van der Waals surface area contributed by atoms with Gasteiger partial charge in [-0.3, -0.25) is 14.2 Å². The summed E-state index contributed by atoms with van der Waals surface area (Å²) in [5, 5.41) is 9.97. The van der Waals surface area contributed by atoms with E-state index in [4.69, 9.17) is 47.4 Å². The fourth-order valence-electron chi connectivity index (χ4n) is 9.20. The largest absolute Gasteiger partial charge is 0.495 e. The van der Waals surface area contributed by atoms with Crippen molar-refractivity contribution in [2.24, 2.45) is 5.92 Å². The van der Waals surface area contributed by atoms with Crippen LogP contribution in [0.15, 0.2) is 47.9 Å². The molecule has 1 unspecified atom stereocenters. The lowest BCUT2D eigenvalue weighted by atomic mass is 10.0. The van der Waals surface area contributed by atoms with Gasteiger partial charge in [0.15, 0.2) is 5.13 Å². The first-order valence-electron chi connectivity index (χ1n) is 22.3. The number of halogens is 4. The van der Waals surface area contributed by atoms with Crippen LogP contribution >= 0.6 is 41.9 Å². The van der Waals surface area contributed by atoms with Crippen molar-refractivity contribution in [1.29, 1.82) is 0 Å². The van der Waals surface area contributed by atoms with Crippen LogP contribution in [0, 0.1) is 17.6 Å². The predicted octanol–water partition coefficient (Wildman–Crippen LogP) is 9.98. The lowest BCUT2D eigenvalue weighted by Crippen LogP contribution is -2.55. The number of methoxy groups -OCH3 is 1. The molecule has 3 fully saturated rings. The van der Waals surface area contributed by atoms with E-state index in [0.717, 1.165) is 37.8 Å². The molecule has 2 saturated carbocycles. The number of hydrogen-bond donors (Lipinski definition) is 4. The molecular weight excluding hydrogens is 936 g/mol. The maximum absolute atomic E-state index is 15.2. The normalized spacial score (nSPS) is 24.8. The van der Waals surface area contributed by atoms with Crippen molar-refractivity contribution in [3.05, 3.63) is 75.1 Å². The summed E-state index contributed by atoms with van der Waals surface area (Å²) in [6, 6.07) is 4.86. The summed E-state index contributed by atoms with van der Waals surface area (Å²) in [5.41, 5.74) is 0.681. The topological polar surface area (TPSA) is 181 Å². The quantitative estimate of drug-likeness (QED) is 0.0638. The number of hydrogen-bond acceptors (Lipinski definition) is 11. The summed E-state index contributed by atoms with van der Waals surface area (Å²) in [6.07, 6.45) is 6.91. The minimum absolute atomic E-state index is 0.00558. The SMILES string of the molecule is COc1ccc2c(O[C@@H]3C[C@H]4C(=O)N[C@]5(P(=O)(O)Cc6c(F)ccc(Cl)c6F)C[C@H]5C=CCCCCC[C@H](NC(=O)OC5CCCC5)C(=O)N4C3)cc(-c3csc(NC(C)C)n3)nc2c1Cl. The number of benzene rings is 2. The van der Waals surface area contributed by atoms with Gasteiger partial charge in [0, 0.05) is 40.8 Å². The molecule has 1 saturated heterocycles. The van der Waals surface area contributed by atoms with Crippen molar-refractivity contribution in [1.82, 2.24) is 25.5 Å². The molecule has 0 spiro atoms. The van der Waals surface area contributed by atoms with Gasteiger partial charge in [-0.25, -0.2) is 23.5 Å². The molecule has 2 aliphatic carbocycles. The third-order valence-corrected chi connectivity index (χ3v) is 16.8. The van der Waals surface area contributed by atoms with Crippen LogP contribution in [0.4, 0.5) is 18.7 Å².